The third kappa shape index (κ3) is 6.68. The molecule has 194 valence electrons. The number of ketones is 1. The number of rotatable bonds is 13. The smallest absolute Gasteiger partial charge is 0.332 e. The number of nitrogens with zero attached hydrogens (tertiary/aromatic N) is 1. The Balaban J connectivity index is 3.72. The predicted octanol–water partition coefficient (Wildman–Crippen LogP) is -4.04. The summed E-state index contributed by atoms with van der Waals surface area (Å²) in [5.74, 6) is -13.4. The summed E-state index contributed by atoms with van der Waals surface area (Å²) in [6, 6.07) is -7.79. The van der Waals surface area contributed by atoms with Crippen molar-refractivity contribution in [3.8, 4) is 0 Å². The van der Waals surface area contributed by atoms with Crippen LogP contribution in [-0.4, -0.2) is 110 Å². The van der Waals surface area contributed by atoms with Crippen LogP contribution in [0.4, 0.5) is 0 Å². The van der Waals surface area contributed by atoms with E-state index in [1.54, 1.807) is 0 Å². The van der Waals surface area contributed by atoms with Crippen LogP contribution in [0.5, 0.6) is 0 Å². The lowest BCUT2D eigenvalue weighted by molar-refractivity contribution is -0.245. The fourth-order valence-electron chi connectivity index (χ4n) is 3.23. The van der Waals surface area contributed by atoms with Crippen LogP contribution in [0.2, 0.25) is 2.82 Å². The molecule has 0 radical (unpaired) electrons. The van der Waals surface area contributed by atoms with E-state index in [-0.39, 0.29) is 0 Å². The molecule has 1 heterocycles. The second kappa shape index (κ2) is 12.1. The molecule has 0 aliphatic carbocycles. The largest absolute Gasteiger partial charge is 0.481 e. The number of carboxylic acid groups (broad SMARTS) is 2. The molecule has 10 N–H and O–H groups in total. The van der Waals surface area contributed by atoms with E-state index in [0.717, 1.165) is 20.8 Å². The zero-order chi connectivity index (χ0) is 31.7. The predicted molar refractivity (Wildman–Crippen MR) is 112 cm³/mol. The van der Waals surface area contributed by atoms with Gasteiger partial charge in [-0.2, -0.15) is 0 Å². The van der Waals surface area contributed by atoms with E-state index in [2.05, 4.69) is 0 Å². The van der Waals surface area contributed by atoms with E-state index in [1.807, 2.05) is 0 Å². The van der Waals surface area contributed by atoms with Gasteiger partial charge in [-0.15, -0.1) is 0 Å². The maximum absolute atomic E-state index is 13.5. The molecule has 0 saturated carbocycles. The van der Waals surface area contributed by atoms with Crippen molar-refractivity contribution in [2.24, 2.45) is 23.1 Å². The number of carbonyl (C=O) groups is 5. The Morgan fingerprint density at radius 1 is 1.24 bits per heavy atom. The Morgan fingerprint density at radius 2 is 1.82 bits per heavy atom. The molecule has 15 nitrogen and oxygen atoms in total. The number of Topliss-reactive ketones (excluding diaryl/α,β-unsaturated/α-hetero) is 1. The number of ether oxygens (including phenoxy) is 2. The van der Waals surface area contributed by atoms with Gasteiger partial charge in [-0.05, 0) is 20.2 Å². The van der Waals surface area contributed by atoms with Crippen molar-refractivity contribution >= 4 is 29.5 Å². The van der Waals surface area contributed by atoms with Crippen molar-refractivity contribution in [3.05, 3.63) is 0 Å². The molecule has 0 aromatic heterocycles. The van der Waals surface area contributed by atoms with Gasteiger partial charge < -0.3 is 52.0 Å². The minimum absolute atomic E-state index is 0.417. The molecular formula is C19H32N4O11. The quantitative estimate of drug-likeness (QED) is 0.119. The van der Waals surface area contributed by atoms with E-state index in [4.69, 9.17) is 34.4 Å². The minimum Gasteiger partial charge on any atom is -0.481 e. The van der Waals surface area contributed by atoms with Crippen molar-refractivity contribution in [2.45, 2.75) is 75.9 Å². The Hall–Kier alpha value is -2.69. The molecule has 9 atom stereocenters. The SMILES string of the molecule is [2H]N([2H])[C@@]([2H])(C(N)=O)C([2H])([2H])C([2H])(C(=O)O)C(=O)[C@H](C)N(C(C)=O)C1O[C@H](CO)[C@@H](O)[C@H](O[C@H](C)C(=O)O)[C@H]1N. The summed E-state index contributed by atoms with van der Waals surface area (Å²) in [7, 11) is 0. The summed E-state index contributed by atoms with van der Waals surface area (Å²) >= 11 is 0. The number of aliphatic carboxylic acids is 2. The van der Waals surface area contributed by atoms with Gasteiger partial charge in [-0.25, -0.2) is 4.79 Å². The summed E-state index contributed by atoms with van der Waals surface area (Å²) in [5, 5.41) is 39.1. The number of carbonyl (C=O) groups excluding carboxylic acids is 3. The second-order valence-corrected chi connectivity index (χ2v) is 7.38. The van der Waals surface area contributed by atoms with Crippen molar-refractivity contribution in [1.82, 2.24) is 4.90 Å². The van der Waals surface area contributed by atoms with E-state index in [9.17, 15) is 39.3 Å². The molecule has 1 fully saturated rings. The molecule has 0 spiro atoms. The van der Waals surface area contributed by atoms with Gasteiger partial charge in [-0.1, -0.05) is 0 Å². The van der Waals surface area contributed by atoms with Crippen LogP contribution in [-0.2, 0) is 33.4 Å². The first-order chi connectivity index (χ1) is 18.1. The van der Waals surface area contributed by atoms with Gasteiger partial charge >= 0.3 is 11.9 Å². The standard InChI is InChI=1S/C19H32N4O11/c1-6(13(26)9(19(31)32)4-10(20)16(22)28)23(8(3)25)17-12(21)15(33-7(2)18(29)30)14(27)11(5-24)34-17/h6-7,9-12,14-15,17,24,27H,4-5,20-21H2,1-3H3,(H2,22,28)(H,29,30)(H,31,32)/t6-,7+,9?,10+,11+,12+,14+,15+,17?/m0/s1/i4D2,9D,10D/hD2. The lowest BCUT2D eigenvalue weighted by Crippen LogP contribution is -2.69. The van der Waals surface area contributed by atoms with Crippen LogP contribution in [0, 0.1) is 5.89 Å². The van der Waals surface area contributed by atoms with Gasteiger partial charge in [0.2, 0.25) is 11.8 Å². The Kier molecular flexibility index (Phi) is 7.38. The number of nitrogens with two attached hydrogens (primary N) is 3. The lowest BCUT2D eigenvalue weighted by Gasteiger charge is -2.48. The van der Waals surface area contributed by atoms with Crippen molar-refractivity contribution < 1.29 is 62.2 Å². The molecule has 0 aromatic carbocycles. The molecule has 1 saturated heterocycles. The third-order valence-corrected chi connectivity index (χ3v) is 5.00. The highest BCUT2D eigenvalue weighted by atomic mass is 16.6. The third-order valence-electron chi connectivity index (χ3n) is 5.00. The summed E-state index contributed by atoms with van der Waals surface area (Å²) in [6.45, 7) is 1.77. The Bertz CT molecular complexity index is 1030. The minimum atomic E-state index is -4.21. The average Bonchev–Trinajstić information content (AvgIpc) is 2.84. The fourth-order valence-corrected chi connectivity index (χ4v) is 3.23. The first-order valence-corrected chi connectivity index (χ1v) is 9.79. The average molecular weight is 499 g/mol. The molecule has 1 aliphatic heterocycles. The number of amides is 2. The normalized spacial score (nSPS) is 33.2. The molecule has 34 heavy (non-hydrogen) atoms. The highest BCUT2D eigenvalue weighted by Crippen LogP contribution is 2.28. The van der Waals surface area contributed by atoms with Crippen molar-refractivity contribution in [1.29, 1.82) is 0 Å². The number of aliphatic hydroxyl groups excluding tert-OH is 2. The van der Waals surface area contributed by atoms with Crippen LogP contribution in [0.15, 0.2) is 0 Å². The highest BCUT2D eigenvalue weighted by Gasteiger charge is 2.50. The monoisotopic (exact) mass is 498 g/mol. The lowest BCUT2D eigenvalue weighted by atomic mass is 9.90. The first-order valence-electron chi connectivity index (χ1n) is 12.7. The maximum atomic E-state index is 13.5. The molecule has 15 heteroatoms. The van der Waals surface area contributed by atoms with E-state index >= 15 is 0 Å². The number of carboxylic acids is 2. The Labute approximate surface area is 203 Å². The first kappa shape index (κ1) is 20.7. The van der Waals surface area contributed by atoms with Crippen LogP contribution in [0.25, 0.3) is 0 Å². The van der Waals surface area contributed by atoms with E-state index in [0.29, 0.717) is 4.90 Å². The molecule has 2 amide bonds. The van der Waals surface area contributed by atoms with Gasteiger partial charge in [0, 0.05) is 9.67 Å². The zero-order valence-corrected chi connectivity index (χ0v) is 18.4. The van der Waals surface area contributed by atoms with Gasteiger partial charge in [0.25, 0.3) is 0 Å². The molecule has 1 rings (SSSR count). The van der Waals surface area contributed by atoms with Crippen LogP contribution in [0.3, 0.4) is 0 Å². The summed E-state index contributed by atoms with van der Waals surface area (Å²) < 4.78 is 57.8. The highest BCUT2D eigenvalue weighted by molar-refractivity contribution is 6.02. The van der Waals surface area contributed by atoms with Crippen molar-refractivity contribution in [2.75, 3.05) is 6.61 Å². The molecule has 2 unspecified atom stereocenters. The fraction of sp³-hybridized carbons (Fsp3) is 0.737. The van der Waals surface area contributed by atoms with Gasteiger partial charge in [0.1, 0.15) is 27.0 Å². The topological polar surface area (TPSA) is 266 Å². The van der Waals surface area contributed by atoms with Gasteiger partial charge in [0.15, 0.2) is 18.1 Å². The number of aliphatic hydroxyl groups is 2. The molecule has 0 bridgehead atoms. The summed E-state index contributed by atoms with van der Waals surface area (Å²) in [5.41, 5.74) is 10.1. The molecular weight excluding hydrogens is 460 g/mol. The number of primary amides is 1. The van der Waals surface area contributed by atoms with E-state index < -0.39 is 103 Å². The van der Waals surface area contributed by atoms with Crippen molar-refractivity contribution in [3.63, 3.8) is 0 Å². The number of hydrogen-bond donors (Lipinski definition) is 7. The summed E-state index contributed by atoms with van der Waals surface area (Å²) in [4.78, 5) is 62.0. The van der Waals surface area contributed by atoms with E-state index in [1.165, 1.54) is 0 Å². The molecule has 0 aromatic rings. The van der Waals surface area contributed by atoms with Crippen LogP contribution < -0.4 is 17.2 Å². The maximum Gasteiger partial charge on any atom is 0.332 e. The zero-order valence-electron chi connectivity index (χ0n) is 24.4. The number of hydrogen-bond acceptors (Lipinski definition) is 11. The molecule has 1 aliphatic rings. The van der Waals surface area contributed by atoms with Crippen LogP contribution >= 0.6 is 0 Å². The second-order valence-electron chi connectivity index (χ2n) is 7.38. The Morgan fingerprint density at radius 3 is 2.24 bits per heavy atom. The van der Waals surface area contributed by atoms with Gasteiger partial charge in [0.05, 0.1) is 27.4 Å². The van der Waals surface area contributed by atoms with Crippen LogP contribution in [0.1, 0.15) is 32.6 Å². The van der Waals surface area contributed by atoms with Gasteiger partial charge in [-0.3, -0.25) is 19.2 Å². The summed E-state index contributed by atoms with van der Waals surface area (Å²) in [6.07, 6.45) is -12.7.